The Kier molecular flexibility index (Phi) is 78.8. The molecule has 0 bridgehead atoms. The fraction of sp³-hybridized carbons (Fsp3) is 0.800. The first-order valence-corrected chi connectivity index (χ1v) is 6.62. The molecule has 2 heteroatoms. The zero-order chi connectivity index (χ0) is 12.4. The SMILES string of the molecule is [CH2-]CCCC.[CH2-]CCCC.[CH2-]CCCC.[OH-].[Ti+4]. The van der Waals surface area contributed by atoms with Gasteiger partial charge in [0.1, 0.15) is 0 Å². The summed E-state index contributed by atoms with van der Waals surface area (Å²) < 4.78 is 0. The van der Waals surface area contributed by atoms with Gasteiger partial charge in [-0.15, -0.1) is 0 Å². The van der Waals surface area contributed by atoms with Gasteiger partial charge in [0, 0.05) is 0 Å². The van der Waals surface area contributed by atoms with E-state index in [2.05, 4.69) is 41.5 Å². The fourth-order valence-electron chi connectivity index (χ4n) is 0.750. The summed E-state index contributed by atoms with van der Waals surface area (Å²) in [6.45, 7) is 17.5. The molecule has 0 heterocycles. The molecule has 0 unspecified atom stereocenters. The van der Waals surface area contributed by atoms with Gasteiger partial charge in [0.2, 0.25) is 0 Å². The molecular weight excluding hydrogens is 244 g/mol. The van der Waals surface area contributed by atoms with Crippen LogP contribution in [0.4, 0.5) is 0 Å². The monoisotopic (exact) mass is 278 g/mol. The maximum absolute atomic E-state index is 3.68. The van der Waals surface area contributed by atoms with E-state index in [9.17, 15) is 0 Å². The van der Waals surface area contributed by atoms with Crippen molar-refractivity contribution < 1.29 is 27.2 Å². The molecule has 17 heavy (non-hydrogen) atoms. The summed E-state index contributed by atoms with van der Waals surface area (Å²) in [6.07, 6.45) is 11.0. The van der Waals surface area contributed by atoms with Gasteiger partial charge < -0.3 is 26.2 Å². The molecular formula is C15H34OTi. The minimum atomic E-state index is 0. The number of rotatable bonds is 6. The smallest absolute Gasteiger partial charge is 0.870 e. The van der Waals surface area contributed by atoms with Crippen LogP contribution in [-0.2, 0) is 21.7 Å². The molecule has 1 nitrogen and oxygen atoms in total. The Morgan fingerprint density at radius 3 is 0.765 bits per heavy atom. The normalized spacial score (nSPS) is 7.41. The van der Waals surface area contributed by atoms with Crippen molar-refractivity contribution in [3.63, 3.8) is 0 Å². The molecule has 0 aromatic rings. The molecule has 0 saturated heterocycles. The summed E-state index contributed by atoms with van der Waals surface area (Å²) >= 11 is 0. The van der Waals surface area contributed by atoms with E-state index in [1.54, 1.807) is 0 Å². The summed E-state index contributed by atoms with van der Waals surface area (Å²) in [7, 11) is 0. The van der Waals surface area contributed by atoms with E-state index in [1.807, 2.05) is 0 Å². The third-order valence-corrected chi connectivity index (χ3v) is 1.81. The number of hydrogen-bond acceptors (Lipinski definition) is 1. The Labute approximate surface area is 126 Å². The third-order valence-electron chi connectivity index (χ3n) is 1.81. The molecule has 0 spiro atoms. The number of unbranched alkanes of at least 4 members (excludes halogenated alkanes) is 6. The van der Waals surface area contributed by atoms with Crippen LogP contribution < -0.4 is 0 Å². The Morgan fingerprint density at radius 1 is 0.588 bits per heavy atom. The molecule has 0 aromatic carbocycles. The zero-order valence-corrected chi connectivity index (χ0v) is 14.0. The second-order valence-electron chi connectivity index (χ2n) is 3.62. The van der Waals surface area contributed by atoms with Crippen molar-refractivity contribution in [2.24, 2.45) is 0 Å². The van der Waals surface area contributed by atoms with E-state index in [1.165, 1.54) is 38.5 Å². The van der Waals surface area contributed by atoms with E-state index in [0.29, 0.717) is 0 Å². The van der Waals surface area contributed by atoms with Gasteiger partial charge in [-0.25, -0.2) is 0 Å². The summed E-state index contributed by atoms with van der Waals surface area (Å²) in [5.41, 5.74) is 0. The predicted molar refractivity (Wildman–Crippen MR) is 76.6 cm³/mol. The summed E-state index contributed by atoms with van der Waals surface area (Å²) in [6, 6.07) is 0. The topological polar surface area (TPSA) is 30.0 Å². The van der Waals surface area contributed by atoms with Gasteiger partial charge in [-0.3, -0.25) is 0 Å². The predicted octanol–water partition coefficient (Wildman–Crippen LogP) is 5.85. The molecule has 0 aliphatic heterocycles. The molecule has 0 aliphatic carbocycles. The molecule has 0 fully saturated rings. The summed E-state index contributed by atoms with van der Waals surface area (Å²) in [5.74, 6) is 0. The van der Waals surface area contributed by atoms with Gasteiger partial charge in [-0.2, -0.15) is 19.3 Å². The van der Waals surface area contributed by atoms with Gasteiger partial charge in [-0.1, -0.05) is 59.3 Å². The molecule has 0 saturated carbocycles. The maximum Gasteiger partial charge on any atom is 4.00 e. The minimum Gasteiger partial charge on any atom is -0.870 e. The van der Waals surface area contributed by atoms with Crippen LogP contribution in [-0.4, -0.2) is 5.48 Å². The summed E-state index contributed by atoms with van der Waals surface area (Å²) in [5, 5.41) is 0. The van der Waals surface area contributed by atoms with Crippen LogP contribution in [0.5, 0.6) is 0 Å². The van der Waals surface area contributed by atoms with E-state index >= 15 is 0 Å². The van der Waals surface area contributed by atoms with Gasteiger partial charge in [0.15, 0.2) is 0 Å². The van der Waals surface area contributed by atoms with Crippen LogP contribution in [0.15, 0.2) is 0 Å². The Morgan fingerprint density at radius 2 is 0.765 bits per heavy atom. The van der Waals surface area contributed by atoms with Gasteiger partial charge in [0.05, 0.1) is 0 Å². The average molecular weight is 278 g/mol. The molecule has 0 aromatic heterocycles. The van der Waals surface area contributed by atoms with E-state index < -0.39 is 0 Å². The van der Waals surface area contributed by atoms with Crippen molar-refractivity contribution in [2.75, 3.05) is 0 Å². The van der Waals surface area contributed by atoms with Crippen LogP contribution in [0, 0.1) is 20.8 Å². The Bertz CT molecular complexity index is 47.7. The van der Waals surface area contributed by atoms with Gasteiger partial charge in [-0.05, 0) is 0 Å². The maximum atomic E-state index is 3.68. The first-order valence-electron chi connectivity index (χ1n) is 6.62. The molecule has 0 aliphatic rings. The first kappa shape index (κ1) is 30.6. The molecule has 104 valence electrons. The average Bonchev–Trinajstić information content (AvgIpc) is 2.23. The largest absolute Gasteiger partial charge is 4.00 e. The Hall–Kier alpha value is 0.674. The van der Waals surface area contributed by atoms with Crippen LogP contribution >= 0.6 is 0 Å². The second kappa shape index (κ2) is 43.8. The fourth-order valence-corrected chi connectivity index (χ4v) is 0.750. The molecule has 0 rings (SSSR count). The van der Waals surface area contributed by atoms with Crippen LogP contribution in [0.2, 0.25) is 0 Å². The second-order valence-corrected chi connectivity index (χ2v) is 3.62. The van der Waals surface area contributed by atoms with Crippen LogP contribution in [0.25, 0.3) is 0 Å². The van der Waals surface area contributed by atoms with Crippen molar-refractivity contribution in [3.05, 3.63) is 20.8 Å². The molecule has 0 radical (unpaired) electrons. The van der Waals surface area contributed by atoms with Gasteiger partial charge >= 0.3 is 21.7 Å². The van der Waals surface area contributed by atoms with E-state index in [-0.39, 0.29) is 27.2 Å². The van der Waals surface area contributed by atoms with E-state index in [4.69, 9.17) is 0 Å². The van der Waals surface area contributed by atoms with Crippen molar-refractivity contribution in [3.8, 4) is 0 Å². The van der Waals surface area contributed by atoms with Crippen molar-refractivity contribution >= 4 is 0 Å². The van der Waals surface area contributed by atoms with E-state index in [0.717, 1.165) is 19.3 Å². The zero-order valence-electron chi connectivity index (χ0n) is 12.4. The van der Waals surface area contributed by atoms with Gasteiger partial charge in [0.25, 0.3) is 0 Å². The minimum absolute atomic E-state index is 0. The van der Waals surface area contributed by atoms with Crippen molar-refractivity contribution in [1.82, 2.24) is 0 Å². The first-order chi connectivity index (χ1) is 7.24. The van der Waals surface area contributed by atoms with Crippen LogP contribution in [0.1, 0.15) is 78.6 Å². The molecule has 1 N–H and O–H groups in total. The number of hydrogen-bond donors (Lipinski definition) is 0. The summed E-state index contributed by atoms with van der Waals surface area (Å²) in [4.78, 5) is 0. The Balaban J connectivity index is -0.0000000400. The van der Waals surface area contributed by atoms with Crippen LogP contribution in [0.3, 0.4) is 0 Å². The standard InChI is InChI=1S/3C5H11.H2O.Ti/c3*1-3-5-4-2;;/h3*1,3-5H2,2H3;1H2;/q3*-1;;+4/p-1. The van der Waals surface area contributed by atoms with Crippen molar-refractivity contribution in [1.29, 1.82) is 0 Å². The quantitative estimate of drug-likeness (QED) is 0.442. The third kappa shape index (κ3) is 80.6. The molecule has 0 amide bonds. The van der Waals surface area contributed by atoms with Crippen molar-refractivity contribution in [2.45, 2.75) is 78.6 Å². The molecule has 0 atom stereocenters.